The number of benzene rings is 3. The molecule has 1 aliphatic heterocycles. The van der Waals surface area contributed by atoms with Gasteiger partial charge >= 0.3 is 0 Å². The zero-order valence-corrected chi connectivity index (χ0v) is 19.7. The Kier molecular flexibility index (Phi) is 7.24. The van der Waals surface area contributed by atoms with Crippen molar-refractivity contribution < 1.29 is 23.8 Å². The van der Waals surface area contributed by atoms with E-state index in [0.29, 0.717) is 33.9 Å². The van der Waals surface area contributed by atoms with Crippen molar-refractivity contribution in [2.45, 2.75) is 0 Å². The summed E-state index contributed by atoms with van der Waals surface area (Å²) in [6, 6.07) is 19.2. The lowest BCUT2D eigenvalue weighted by molar-refractivity contribution is -0.117. The minimum atomic E-state index is -0.604. The molecule has 3 aromatic carbocycles. The van der Waals surface area contributed by atoms with Crippen LogP contribution < -0.4 is 25.0 Å². The summed E-state index contributed by atoms with van der Waals surface area (Å²) in [7, 11) is 1.55. The van der Waals surface area contributed by atoms with Crippen molar-refractivity contribution in [1.29, 1.82) is 0 Å². The molecule has 0 aliphatic carbocycles. The van der Waals surface area contributed by atoms with Gasteiger partial charge in [0.2, 0.25) is 6.79 Å². The number of carbonyl (C=O) groups is 2. The highest BCUT2D eigenvalue weighted by Gasteiger charge is 2.17. The molecule has 1 aliphatic rings. The molecule has 0 saturated carbocycles. The number of hydrogen-bond donors (Lipinski definition) is 2. The summed E-state index contributed by atoms with van der Waals surface area (Å²) in [5, 5.41) is 6.69. The van der Waals surface area contributed by atoms with Crippen molar-refractivity contribution in [3.63, 3.8) is 0 Å². The monoisotopic (exact) mass is 521 g/mol. The summed E-state index contributed by atoms with van der Waals surface area (Å²) in [6.45, 7) is 0.133. The van der Waals surface area contributed by atoms with Crippen LogP contribution in [0.4, 0.5) is 0 Å². The van der Waals surface area contributed by atoms with E-state index in [4.69, 9.17) is 14.2 Å². The first-order valence-corrected chi connectivity index (χ1v) is 11.0. The number of hydrogen-bond acceptors (Lipinski definition) is 6. The van der Waals surface area contributed by atoms with Crippen LogP contribution >= 0.6 is 15.9 Å². The number of rotatable bonds is 7. The van der Waals surface area contributed by atoms with Crippen molar-refractivity contribution in [3.05, 3.63) is 93.6 Å². The summed E-state index contributed by atoms with van der Waals surface area (Å²) in [5.74, 6) is 0.731. The number of carbonyl (C=O) groups excluding carboxylic acids is 2. The molecular weight excluding hydrogens is 502 g/mol. The van der Waals surface area contributed by atoms with Gasteiger partial charge in [-0.1, -0.05) is 40.2 Å². The SMILES string of the molecule is COc1ccc(Br)cc1/C=N\NC(=O)/C(=C\c1ccc2c(c1)OCO2)NC(=O)c1ccccc1. The Hall–Kier alpha value is -4.11. The third kappa shape index (κ3) is 5.62. The molecule has 8 nitrogen and oxygen atoms in total. The summed E-state index contributed by atoms with van der Waals surface area (Å²) in [6.07, 6.45) is 2.99. The molecular formula is C25H20BrN3O5. The van der Waals surface area contributed by atoms with E-state index in [2.05, 4.69) is 31.8 Å². The Morgan fingerprint density at radius 1 is 1.03 bits per heavy atom. The zero-order valence-electron chi connectivity index (χ0n) is 18.1. The third-order valence-electron chi connectivity index (χ3n) is 4.80. The van der Waals surface area contributed by atoms with Gasteiger partial charge in [0.25, 0.3) is 11.8 Å². The highest BCUT2D eigenvalue weighted by molar-refractivity contribution is 9.10. The number of ether oxygens (including phenoxy) is 3. The number of nitrogens with one attached hydrogen (secondary N) is 2. The van der Waals surface area contributed by atoms with Gasteiger partial charge in [-0.15, -0.1) is 0 Å². The van der Waals surface area contributed by atoms with Gasteiger partial charge in [0.05, 0.1) is 13.3 Å². The third-order valence-corrected chi connectivity index (χ3v) is 5.29. The van der Waals surface area contributed by atoms with Gasteiger partial charge in [-0.05, 0) is 54.1 Å². The molecule has 0 saturated heterocycles. The van der Waals surface area contributed by atoms with E-state index in [9.17, 15) is 9.59 Å². The Labute approximate surface area is 204 Å². The van der Waals surface area contributed by atoms with Crippen LogP contribution in [0.1, 0.15) is 21.5 Å². The lowest BCUT2D eigenvalue weighted by atomic mass is 10.1. The van der Waals surface area contributed by atoms with E-state index in [0.717, 1.165) is 4.47 Å². The van der Waals surface area contributed by atoms with Gasteiger partial charge in [-0.25, -0.2) is 5.43 Å². The van der Waals surface area contributed by atoms with Gasteiger partial charge in [0, 0.05) is 15.6 Å². The van der Waals surface area contributed by atoms with Crippen LogP contribution in [0.2, 0.25) is 0 Å². The highest BCUT2D eigenvalue weighted by Crippen LogP contribution is 2.33. The van der Waals surface area contributed by atoms with Crippen LogP contribution in [-0.4, -0.2) is 31.9 Å². The molecule has 1 heterocycles. The van der Waals surface area contributed by atoms with Crippen molar-refractivity contribution in [2.75, 3.05) is 13.9 Å². The van der Waals surface area contributed by atoms with Gasteiger partial charge in [-0.2, -0.15) is 5.10 Å². The normalized spacial score (nSPS) is 12.5. The second kappa shape index (κ2) is 10.7. The van der Waals surface area contributed by atoms with Crippen LogP contribution in [0.3, 0.4) is 0 Å². The fourth-order valence-corrected chi connectivity index (χ4v) is 3.52. The molecule has 172 valence electrons. The van der Waals surface area contributed by atoms with Gasteiger partial charge in [0.1, 0.15) is 11.4 Å². The molecule has 34 heavy (non-hydrogen) atoms. The Balaban J connectivity index is 1.57. The molecule has 0 fully saturated rings. The first kappa shape index (κ1) is 23.1. The van der Waals surface area contributed by atoms with Crippen molar-refractivity contribution >= 4 is 40.0 Å². The molecule has 2 N–H and O–H groups in total. The molecule has 0 unspecified atom stereocenters. The minimum absolute atomic E-state index is 0.00563. The number of hydrazone groups is 1. The average molecular weight is 522 g/mol. The molecule has 0 aromatic heterocycles. The van der Waals surface area contributed by atoms with Crippen LogP contribution in [0.25, 0.3) is 6.08 Å². The van der Waals surface area contributed by atoms with Gasteiger partial charge < -0.3 is 19.5 Å². The average Bonchev–Trinajstić information content (AvgIpc) is 3.32. The molecule has 0 bridgehead atoms. The Bertz CT molecular complexity index is 1270. The predicted octanol–water partition coefficient (Wildman–Crippen LogP) is 4.11. The predicted molar refractivity (Wildman–Crippen MR) is 131 cm³/mol. The molecule has 0 atom stereocenters. The van der Waals surface area contributed by atoms with E-state index in [1.165, 1.54) is 12.3 Å². The first-order chi connectivity index (χ1) is 16.5. The topological polar surface area (TPSA) is 98.2 Å². The number of fused-ring (bicyclic) bond motifs is 1. The summed E-state index contributed by atoms with van der Waals surface area (Å²) >= 11 is 3.40. The molecule has 0 radical (unpaired) electrons. The Morgan fingerprint density at radius 2 is 1.82 bits per heavy atom. The maximum Gasteiger partial charge on any atom is 0.287 e. The second-order valence-corrected chi connectivity index (χ2v) is 7.99. The maximum absolute atomic E-state index is 13.0. The minimum Gasteiger partial charge on any atom is -0.496 e. The van der Waals surface area contributed by atoms with Crippen molar-refractivity contribution in [2.24, 2.45) is 5.10 Å². The first-order valence-electron chi connectivity index (χ1n) is 10.2. The summed E-state index contributed by atoms with van der Waals surface area (Å²) < 4.78 is 16.9. The number of halogens is 1. The standard InChI is InChI=1S/C25H20BrN3O5/c1-32-21-10-8-19(26)13-18(21)14-27-29-25(31)20(28-24(30)17-5-3-2-4-6-17)11-16-7-9-22-23(12-16)34-15-33-22/h2-14H,15H2,1H3,(H,28,30)(H,29,31)/b20-11+,27-14-. The molecule has 9 heteroatoms. The van der Waals surface area contributed by atoms with Crippen LogP contribution in [0.5, 0.6) is 17.2 Å². The second-order valence-electron chi connectivity index (χ2n) is 7.08. The van der Waals surface area contributed by atoms with Crippen LogP contribution in [0.15, 0.2) is 82.0 Å². The summed E-state index contributed by atoms with van der Waals surface area (Å²) in [5.41, 5.74) is 4.17. The van der Waals surface area contributed by atoms with E-state index in [-0.39, 0.29) is 12.5 Å². The highest BCUT2D eigenvalue weighted by atomic mass is 79.9. The van der Waals surface area contributed by atoms with Crippen LogP contribution in [0, 0.1) is 0 Å². The van der Waals surface area contributed by atoms with E-state index in [1.807, 2.05) is 6.07 Å². The molecule has 0 spiro atoms. The smallest absolute Gasteiger partial charge is 0.287 e. The largest absolute Gasteiger partial charge is 0.496 e. The van der Waals surface area contributed by atoms with Gasteiger partial charge in [-0.3, -0.25) is 9.59 Å². The maximum atomic E-state index is 13.0. The fourth-order valence-electron chi connectivity index (χ4n) is 3.14. The van der Waals surface area contributed by atoms with E-state index >= 15 is 0 Å². The summed E-state index contributed by atoms with van der Waals surface area (Å²) in [4.78, 5) is 25.7. The van der Waals surface area contributed by atoms with Crippen LogP contribution in [-0.2, 0) is 4.79 Å². The van der Waals surface area contributed by atoms with E-state index in [1.54, 1.807) is 67.8 Å². The quantitative estimate of drug-likeness (QED) is 0.277. The lowest BCUT2D eigenvalue weighted by Crippen LogP contribution is -2.32. The van der Waals surface area contributed by atoms with Crippen molar-refractivity contribution in [3.8, 4) is 17.2 Å². The molecule has 3 aromatic rings. The van der Waals surface area contributed by atoms with Crippen molar-refractivity contribution in [1.82, 2.24) is 10.7 Å². The Morgan fingerprint density at radius 3 is 2.62 bits per heavy atom. The van der Waals surface area contributed by atoms with E-state index < -0.39 is 11.8 Å². The fraction of sp³-hybridized carbons (Fsp3) is 0.0800. The number of nitrogens with zero attached hydrogens (tertiary/aromatic N) is 1. The molecule has 4 rings (SSSR count). The number of amides is 2. The zero-order chi connectivity index (χ0) is 23.9. The number of methoxy groups -OCH3 is 1. The van der Waals surface area contributed by atoms with Gasteiger partial charge in [0.15, 0.2) is 11.5 Å². The molecule has 2 amide bonds. The lowest BCUT2D eigenvalue weighted by Gasteiger charge is -2.10.